The van der Waals surface area contributed by atoms with Gasteiger partial charge in [-0.15, -0.1) is 0 Å². The van der Waals surface area contributed by atoms with Crippen molar-refractivity contribution < 1.29 is 43.2 Å². The molecule has 0 saturated carbocycles. The minimum Gasteiger partial charge on any atom is -0.370 e. The van der Waals surface area contributed by atoms with Crippen molar-refractivity contribution in [1.29, 1.82) is 0 Å². The molecule has 22 N–H and O–H groups in total. The van der Waals surface area contributed by atoms with E-state index in [1.807, 2.05) is 0 Å². The molecular weight excluding hydrogens is 829 g/mol. The monoisotopic (exact) mass is 888 g/mol. The first-order valence-corrected chi connectivity index (χ1v) is 21.4. The highest BCUT2D eigenvalue weighted by Crippen LogP contribution is 2.25. The summed E-state index contributed by atoms with van der Waals surface area (Å²) in [5.74, 6) is -8.02. The van der Waals surface area contributed by atoms with E-state index in [-0.39, 0.29) is 81.0 Å². The van der Waals surface area contributed by atoms with Crippen LogP contribution in [0.5, 0.6) is 0 Å². The third-order valence-electron chi connectivity index (χ3n) is 8.86. The van der Waals surface area contributed by atoms with Crippen LogP contribution in [0.4, 0.5) is 0 Å². The topological polar surface area (TPSA) is 459 Å². The second-order valence-electron chi connectivity index (χ2n) is 13.8. The summed E-state index contributed by atoms with van der Waals surface area (Å²) in [6, 6.07) is -8.92. The molecule has 1 heterocycles. The summed E-state index contributed by atoms with van der Waals surface area (Å²) in [4.78, 5) is 123. The Kier molecular flexibility index (Phi) is 23.8. The van der Waals surface area contributed by atoms with Gasteiger partial charge in [0.2, 0.25) is 53.2 Å². The van der Waals surface area contributed by atoms with Crippen LogP contribution in [0.3, 0.4) is 0 Å². The Hall–Kier alpha value is -5.57. The second-order valence-corrected chi connectivity index (χ2v) is 16.4. The maximum atomic E-state index is 14.0. The Bertz CT molecular complexity index is 1600. The molecule has 338 valence electrons. The summed E-state index contributed by atoms with van der Waals surface area (Å²) >= 11 is 0. The summed E-state index contributed by atoms with van der Waals surface area (Å²) in [6.45, 7) is 3.56. The molecule has 8 atom stereocenters. The van der Waals surface area contributed by atoms with E-state index in [0.29, 0.717) is 6.42 Å². The van der Waals surface area contributed by atoms with Gasteiger partial charge in [0.25, 0.3) is 0 Å². The largest absolute Gasteiger partial charge is 0.370 e. The van der Waals surface area contributed by atoms with Gasteiger partial charge < -0.3 is 77.8 Å². The van der Waals surface area contributed by atoms with Gasteiger partial charge in [-0.25, -0.2) is 0 Å². The number of carbonyl (C=O) groups is 9. The maximum Gasteiger partial charge on any atom is 0.244 e. The van der Waals surface area contributed by atoms with Crippen LogP contribution in [0, 0.1) is 5.92 Å². The number of primary amides is 3. The average molecular weight is 889 g/mol. The van der Waals surface area contributed by atoms with Crippen LogP contribution in [0.25, 0.3) is 0 Å². The lowest BCUT2D eigenvalue weighted by molar-refractivity contribution is -0.135. The fourth-order valence-electron chi connectivity index (χ4n) is 5.36. The van der Waals surface area contributed by atoms with Gasteiger partial charge in [0.1, 0.15) is 36.3 Å². The first-order chi connectivity index (χ1) is 28.2. The van der Waals surface area contributed by atoms with Crippen molar-refractivity contribution in [2.75, 3.05) is 24.6 Å². The van der Waals surface area contributed by atoms with Crippen molar-refractivity contribution in [3.05, 3.63) is 0 Å². The van der Waals surface area contributed by atoms with Gasteiger partial charge in [-0.3, -0.25) is 53.1 Å². The summed E-state index contributed by atoms with van der Waals surface area (Å²) in [6.07, 6.45) is -0.453. The first kappa shape index (κ1) is 52.4. The summed E-state index contributed by atoms with van der Waals surface area (Å²) in [7, 11) is 2.38. The zero-order chi connectivity index (χ0) is 45.5. The molecule has 0 aromatic heterocycles. The lowest BCUT2D eigenvalue weighted by Gasteiger charge is -2.29. The highest BCUT2D eigenvalue weighted by molar-refractivity contribution is 8.76. The van der Waals surface area contributed by atoms with Crippen molar-refractivity contribution in [2.24, 2.45) is 61.8 Å². The predicted molar refractivity (Wildman–Crippen MR) is 225 cm³/mol. The number of rotatable bonds is 26. The van der Waals surface area contributed by atoms with Crippen LogP contribution in [-0.4, -0.2) is 132 Å². The van der Waals surface area contributed by atoms with Gasteiger partial charge in [-0.2, -0.15) is 0 Å². The van der Waals surface area contributed by atoms with Crippen molar-refractivity contribution in [2.45, 2.75) is 108 Å². The number of hydrogen-bond acceptors (Lipinski definition) is 14. The molecule has 25 nitrogen and oxygen atoms in total. The molecular formula is C33H60N16O9S2. The van der Waals surface area contributed by atoms with Gasteiger partial charge >= 0.3 is 0 Å². The number of amides is 9. The standard InChI is InChI=1S/C33H60N16O9S2/c1-3-15(2)24(25(37)52)49-29(56)19(8-9-22(35)50)46-28(55)17(6-4-10-42-32(38)39)44-27(54)18(7-5-11-43-33(40)41)45-30(57)21-14-60-59-13-20(31(58)48-21)47-26(53)16(34)12-23(36)51/h15-21,24H,3-14,34H2,1-2H3,(H2,35,50)(H2,36,51)(H2,37,52)(H,44,54)(H,45,57)(H,46,55)(H,47,53)(H,48,58)(H,49,56)(H4,38,39,42)(H4,40,41,43)/t15-,16-,17-,18-,19-,20-,21-,24-/m0/s1. The fraction of sp³-hybridized carbons (Fsp3) is 0.667. The summed E-state index contributed by atoms with van der Waals surface area (Å²) in [5.41, 5.74) is 43.4. The van der Waals surface area contributed by atoms with Crippen LogP contribution in [0.15, 0.2) is 9.98 Å². The number of nitrogens with two attached hydrogens (primary N) is 8. The second kappa shape index (κ2) is 27.2. The molecule has 1 fully saturated rings. The molecule has 0 unspecified atom stereocenters. The van der Waals surface area contributed by atoms with Gasteiger partial charge in [-0.05, 0) is 38.0 Å². The molecule has 1 rings (SSSR count). The molecule has 1 aliphatic heterocycles. The Balaban J connectivity index is 3.39. The number of guanidine groups is 2. The SMILES string of the molecule is CC[C@H](C)[C@H](NC(=O)[C@H](CCC(N)=O)NC(=O)[C@H](CCCN=C(N)N)NC(=O)[C@H](CCCN=C(N)N)NC(=O)[C@@H]1CSSC[C@H](NC(=O)[C@@H](N)CC(N)=O)C(=O)N1)C(N)=O. The first-order valence-electron chi connectivity index (χ1n) is 19.0. The van der Waals surface area contributed by atoms with Gasteiger partial charge in [0, 0.05) is 31.0 Å². The highest BCUT2D eigenvalue weighted by Gasteiger charge is 2.35. The molecule has 0 aliphatic carbocycles. The van der Waals surface area contributed by atoms with Crippen LogP contribution >= 0.6 is 21.6 Å². The van der Waals surface area contributed by atoms with Crippen molar-refractivity contribution in [1.82, 2.24) is 31.9 Å². The minimum absolute atomic E-state index is 0.0387. The number of aliphatic imine (C=N–C) groups is 2. The van der Waals surface area contributed by atoms with Crippen LogP contribution in [0.2, 0.25) is 0 Å². The number of nitrogens with zero attached hydrogens (tertiary/aromatic N) is 2. The van der Waals surface area contributed by atoms with Crippen LogP contribution in [0.1, 0.15) is 65.2 Å². The number of carbonyl (C=O) groups excluding carboxylic acids is 9. The zero-order valence-electron chi connectivity index (χ0n) is 33.6. The van der Waals surface area contributed by atoms with Crippen molar-refractivity contribution in [3.8, 4) is 0 Å². The van der Waals surface area contributed by atoms with Crippen LogP contribution in [-0.2, 0) is 43.2 Å². The number of hydrogen-bond donors (Lipinski definition) is 14. The number of nitrogens with one attached hydrogen (secondary N) is 6. The Morgan fingerprint density at radius 1 is 0.717 bits per heavy atom. The molecule has 0 bridgehead atoms. The molecule has 27 heteroatoms. The van der Waals surface area contributed by atoms with E-state index in [0.717, 1.165) is 0 Å². The van der Waals surface area contributed by atoms with Crippen LogP contribution < -0.4 is 77.8 Å². The molecule has 60 heavy (non-hydrogen) atoms. The minimum atomic E-state index is -1.41. The average Bonchev–Trinajstić information content (AvgIpc) is 3.15. The normalized spacial score (nSPS) is 18.1. The zero-order valence-corrected chi connectivity index (χ0v) is 35.2. The molecule has 1 saturated heterocycles. The molecule has 0 radical (unpaired) electrons. The van der Waals surface area contributed by atoms with E-state index in [2.05, 4.69) is 41.9 Å². The van der Waals surface area contributed by atoms with Crippen molar-refractivity contribution >= 4 is 86.7 Å². The molecule has 0 aromatic rings. The van der Waals surface area contributed by atoms with Gasteiger partial charge in [0.15, 0.2) is 11.9 Å². The van der Waals surface area contributed by atoms with Gasteiger partial charge in [-0.1, -0.05) is 41.9 Å². The molecule has 0 spiro atoms. The Labute approximate surface area is 354 Å². The van der Waals surface area contributed by atoms with E-state index in [9.17, 15) is 43.2 Å². The fourth-order valence-corrected chi connectivity index (χ4v) is 7.69. The highest BCUT2D eigenvalue weighted by atomic mass is 33.1. The molecule has 9 amide bonds. The lowest BCUT2D eigenvalue weighted by Crippen LogP contribution is -2.61. The van der Waals surface area contributed by atoms with E-state index in [1.54, 1.807) is 13.8 Å². The third kappa shape index (κ3) is 20.4. The maximum absolute atomic E-state index is 14.0. The quantitative estimate of drug-likeness (QED) is 0.0166. The molecule has 0 aromatic carbocycles. The van der Waals surface area contributed by atoms with E-state index in [4.69, 9.17) is 45.9 Å². The smallest absolute Gasteiger partial charge is 0.244 e. The van der Waals surface area contributed by atoms with E-state index >= 15 is 0 Å². The van der Waals surface area contributed by atoms with E-state index in [1.165, 1.54) is 21.6 Å². The third-order valence-corrected chi connectivity index (χ3v) is 11.3. The van der Waals surface area contributed by atoms with Gasteiger partial charge in [0.05, 0.1) is 12.5 Å². The molecule has 1 aliphatic rings. The summed E-state index contributed by atoms with van der Waals surface area (Å²) in [5, 5.41) is 15.2. The van der Waals surface area contributed by atoms with Crippen molar-refractivity contribution in [3.63, 3.8) is 0 Å². The Morgan fingerprint density at radius 2 is 1.22 bits per heavy atom. The summed E-state index contributed by atoms with van der Waals surface area (Å²) < 4.78 is 0. The lowest BCUT2D eigenvalue weighted by atomic mass is 9.97. The Morgan fingerprint density at radius 3 is 1.70 bits per heavy atom. The predicted octanol–water partition coefficient (Wildman–Crippen LogP) is -6.60. The van der Waals surface area contributed by atoms with E-state index < -0.39 is 102 Å².